The quantitative estimate of drug-likeness (QED) is 0.738. The SMILES string of the molecule is CCCCN(C1CC1)C1CCCC(C#N)(NCCC)C1. The summed E-state index contributed by atoms with van der Waals surface area (Å²) in [5.41, 5.74) is -0.252. The van der Waals surface area contributed by atoms with E-state index in [2.05, 4.69) is 30.1 Å². The fraction of sp³-hybridized carbons (Fsp3) is 0.941. The van der Waals surface area contributed by atoms with E-state index in [1.165, 1.54) is 45.1 Å². The molecule has 2 saturated carbocycles. The van der Waals surface area contributed by atoms with Crippen molar-refractivity contribution in [3.63, 3.8) is 0 Å². The van der Waals surface area contributed by atoms with Crippen LogP contribution < -0.4 is 5.32 Å². The molecule has 2 fully saturated rings. The molecule has 1 N–H and O–H groups in total. The molecule has 0 amide bonds. The van der Waals surface area contributed by atoms with Crippen molar-refractivity contribution in [3.8, 4) is 6.07 Å². The maximum Gasteiger partial charge on any atom is 0.108 e. The summed E-state index contributed by atoms with van der Waals surface area (Å²) in [5, 5.41) is 13.2. The smallest absolute Gasteiger partial charge is 0.108 e. The Morgan fingerprint density at radius 2 is 2.00 bits per heavy atom. The van der Waals surface area contributed by atoms with E-state index in [1.807, 2.05) is 0 Å². The molecule has 0 heterocycles. The van der Waals surface area contributed by atoms with E-state index in [1.54, 1.807) is 0 Å². The highest BCUT2D eigenvalue weighted by atomic mass is 15.2. The van der Waals surface area contributed by atoms with Gasteiger partial charge in [-0.3, -0.25) is 10.2 Å². The first-order valence-corrected chi connectivity index (χ1v) is 8.66. The molecule has 0 bridgehead atoms. The molecule has 2 unspecified atom stereocenters. The van der Waals surface area contributed by atoms with Crippen LogP contribution in [0.1, 0.15) is 71.6 Å². The van der Waals surface area contributed by atoms with Gasteiger partial charge >= 0.3 is 0 Å². The highest BCUT2D eigenvalue weighted by molar-refractivity contribution is 5.11. The molecule has 2 atom stereocenters. The molecule has 2 aliphatic rings. The zero-order valence-electron chi connectivity index (χ0n) is 13.3. The van der Waals surface area contributed by atoms with Crippen LogP contribution in [0.5, 0.6) is 0 Å². The van der Waals surface area contributed by atoms with Gasteiger partial charge in [-0.1, -0.05) is 20.3 Å². The van der Waals surface area contributed by atoms with Gasteiger partial charge in [0.2, 0.25) is 0 Å². The van der Waals surface area contributed by atoms with E-state index in [9.17, 15) is 5.26 Å². The minimum atomic E-state index is -0.252. The Morgan fingerprint density at radius 3 is 2.60 bits per heavy atom. The maximum absolute atomic E-state index is 9.67. The third-order valence-corrected chi connectivity index (χ3v) is 4.91. The number of nitrogens with zero attached hydrogens (tertiary/aromatic N) is 2. The second-order valence-corrected chi connectivity index (χ2v) is 6.69. The largest absolute Gasteiger partial charge is 0.299 e. The lowest BCUT2D eigenvalue weighted by molar-refractivity contribution is 0.111. The molecular weight excluding hydrogens is 246 g/mol. The lowest BCUT2D eigenvalue weighted by atomic mass is 9.79. The topological polar surface area (TPSA) is 39.1 Å². The summed E-state index contributed by atoms with van der Waals surface area (Å²) >= 11 is 0. The van der Waals surface area contributed by atoms with E-state index < -0.39 is 0 Å². The third kappa shape index (κ3) is 3.96. The number of hydrogen-bond acceptors (Lipinski definition) is 3. The monoisotopic (exact) mass is 277 g/mol. The van der Waals surface area contributed by atoms with E-state index in [-0.39, 0.29) is 5.54 Å². The van der Waals surface area contributed by atoms with Crippen molar-refractivity contribution in [3.05, 3.63) is 0 Å². The van der Waals surface area contributed by atoms with Crippen LogP contribution in [-0.4, -0.2) is 35.6 Å². The molecule has 0 aromatic rings. The van der Waals surface area contributed by atoms with Crippen molar-refractivity contribution in [2.24, 2.45) is 0 Å². The highest BCUT2D eigenvalue weighted by Gasteiger charge is 2.41. The fourth-order valence-corrected chi connectivity index (χ4v) is 3.60. The van der Waals surface area contributed by atoms with Crippen molar-refractivity contribution in [2.45, 2.75) is 89.3 Å². The van der Waals surface area contributed by atoms with E-state index in [4.69, 9.17) is 0 Å². The normalized spacial score (nSPS) is 30.4. The van der Waals surface area contributed by atoms with Crippen molar-refractivity contribution in [1.29, 1.82) is 5.26 Å². The van der Waals surface area contributed by atoms with Gasteiger partial charge in [0.1, 0.15) is 5.54 Å². The van der Waals surface area contributed by atoms with Crippen LogP contribution in [-0.2, 0) is 0 Å². The summed E-state index contributed by atoms with van der Waals surface area (Å²) < 4.78 is 0. The Kier molecular flexibility index (Phi) is 5.86. The van der Waals surface area contributed by atoms with Crippen molar-refractivity contribution >= 4 is 0 Å². The minimum Gasteiger partial charge on any atom is -0.299 e. The van der Waals surface area contributed by atoms with Gasteiger partial charge in [0.05, 0.1) is 6.07 Å². The van der Waals surface area contributed by atoms with Gasteiger partial charge in [-0.25, -0.2) is 0 Å². The molecule has 2 aliphatic carbocycles. The van der Waals surface area contributed by atoms with Gasteiger partial charge in [0.15, 0.2) is 0 Å². The third-order valence-electron chi connectivity index (χ3n) is 4.91. The van der Waals surface area contributed by atoms with Crippen LogP contribution in [0, 0.1) is 11.3 Å². The fourth-order valence-electron chi connectivity index (χ4n) is 3.60. The molecule has 2 rings (SSSR count). The zero-order valence-corrected chi connectivity index (χ0v) is 13.3. The van der Waals surface area contributed by atoms with Crippen molar-refractivity contribution in [2.75, 3.05) is 13.1 Å². The second-order valence-electron chi connectivity index (χ2n) is 6.69. The predicted octanol–water partition coefficient (Wildman–Crippen LogP) is 3.46. The number of hydrogen-bond donors (Lipinski definition) is 1. The lowest BCUT2D eigenvalue weighted by Gasteiger charge is -2.42. The second kappa shape index (κ2) is 7.43. The van der Waals surface area contributed by atoms with Gasteiger partial charge in [0.25, 0.3) is 0 Å². The maximum atomic E-state index is 9.67. The molecule has 3 heteroatoms. The predicted molar refractivity (Wildman–Crippen MR) is 83.5 cm³/mol. The Morgan fingerprint density at radius 1 is 1.20 bits per heavy atom. The summed E-state index contributed by atoms with van der Waals surface area (Å²) in [6.45, 7) is 6.66. The first-order chi connectivity index (χ1) is 9.74. The molecule has 3 nitrogen and oxygen atoms in total. The van der Waals surface area contributed by atoms with Crippen LogP contribution in [0.25, 0.3) is 0 Å². The average Bonchev–Trinajstić information content (AvgIpc) is 3.31. The Hall–Kier alpha value is -0.590. The van der Waals surface area contributed by atoms with Gasteiger partial charge in [0, 0.05) is 12.1 Å². The molecule has 114 valence electrons. The van der Waals surface area contributed by atoms with Crippen LogP contribution in [0.15, 0.2) is 0 Å². The van der Waals surface area contributed by atoms with Crippen LogP contribution >= 0.6 is 0 Å². The summed E-state index contributed by atoms with van der Waals surface area (Å²) in [5.74, 6) is 0. The van der Waals surface area contributed by atoms with Crippen LogP contribution in [0.2, 0.25) is 0 Å². The Labute approximate surface area is 124 Å². The van der Waals surface area contributed by atoms with Crippen molar-refractivity contribution < 1.29 is 0 Å². The van der Waals surface area contributed by atoms with Gasteiger partial charge < -0.3 is 0 Å². The van der Waals surface area contributed by atoms with Crippen LogP contribution in [0.4, 0.5) is 0 Å². The molecule has 0 aromatic heterocycles. The molecule has 0 aromatic carbocycles. The number of nitrogens with one attached hydrogen (secondary N) is 1. The summed E-state index contributed by atoms with van der Waals surface area (Å²) in [6.07, 6.45) is 11.0. The average molecular weight is 277 g/mol. The lowest BCUT2D eigenvalue weighted by Crippen LogP contribution is -2.53. The molecule has 20 heavy (non-hydrogen) atoms. The number of rotatable bonds is 8. The van der Waals surface area contributed by atoms with E-state index >= 15 is 0 Å². The summed E-state index contributed by atoms with van der Waals surface area (Å²) in [7, 11) is 0. The molecule has 0 spiro atoms. The zero-order chi connectivity index (χ0) is 14.4. The minimum absolute atomic E-state index is 0.252. The van der Waals surface area contributed by atoms with Crippen molar-refractivity contribution in [1.82, 2.24) is 10.2 Å². The van der Waals surface area contributed by atoms with Gasteiger partial charge in [-0.05, 0) is 64.5 Å². The summed E-state index contributed by atoms with van der Waals surface area (Å²) in [4.78, 5) is 2.74. The number of unbranched alkanes of at least 4 members (excludes halogenated alkanes) is 1. The molecule has 0 radical (unpaired) electrons. The number of nitriles is 1. The van der Waals surface area contributed by atoms with Crippen LogP contribution in [0.3, 0.4) is 0 Å². The first-order valence-electron chi connectivity index (χ1n) is 8.66. The van der Waals surface area contributed by atoms with Gasteiger partial charge in [-0.2, -0.15) is 5.26 Å². The molecule has 0 saturated heterocycles. The summed E-state index contributed by atoms with van der Waals surface area (Å²) in [6, 6.07) is 4.07. The highest BCUT2D eigenvalue weighted by Crippen LogP contribution is 2.37. The molecule has 0 aliphatic heterocycles. The van der Waals surface area contributed by atoms with E-state index in [0.717, 1.165) is 31.8 Å². The first kappa shape index (κ1) is 15.8. The standard InChI is InChI=1S/C17H31N3/c1-3-5-12-20(15-8-9-15)16-7-6-10-17(13-16,14-18)19-11-4-2/h15-16,19H,3-13H2,1-2H3. The Balaban J connectivity index is 1.98. The van der Waals surface area contributed by atoms with Gasteiger partial charge in [-0.15, -0.1) is 0 Å². The Bertz CT molecular complexity index is 332. The molecular formula is C17H31N3. The van der Waals surface area contributed by atoms with E-state index in [0.29, 0.717) is 6.04 Å².